The minimum atomic E-state index is -0.254. The maximum Gasteiger partial charge on any atom is 0.274 e. The summed E-state index contributed by atoms with van der Waals surface area (Å²) in [5, 5.41) is 10.9. The van der Waals surface area contributed by atoms with Crippen molar-refractivity contribution in [3.63, 3.8) is 0 Å². The molecule has 0 aliphatic carbocycles. The summed E-state index contributed by atoms with van der Waals surface area (Å²) in [5.74, 6) is 0.544. The number of hydrogen-bond donors (Lipinski definition) is 2. The number of anilines is 3. The number of nitrogens with zero attached hydrogens (tertiary/aromatic N) is 6. The molecule has 0 bridgehead atoms. The van der Waals surface area contributed by atoms with Crippen molar-refractivity contribution in [3.05, 3.63) is 42.4 Å². The molecular weight excluding hydrogens is 460 g/mol. The third-order valence-electron chi connectivity index (χ3n) is 6.66. The van der Waals surface area contributed by atoms with Gasteiger partial charge in [-0.25, -0.2) is 9.97 Å². The Morgan fingerprint density at radius 1 is 0.943 bits per heavy atom. The Morgan fingerprint density at radius 2 is 1.71 bits per heavy atom. The number of aromatic nitrogens is 5. The van der Waals surface area contributed by atoms with Crippen LogP contribution in [0.15, 0.2) is 36.7 Å². The van der Waals surface area contributed by atoms with Crippen LogP contribution in [0, 0.1) is 0 Å². The lowest BCUT2D eigenvalue weighted by molar-refractivity contribution is 0.102. The van der Waals surface area contributed by atoms with Gasteiger partial charge in [-0.2, -0.15) is 10.1 Å². The standard InChI is InChI=1S/C25H28N8OS/c34-24(19-9-7-8-18(28-19)17-15-26-27-16-17)29-20-14-21-22(30-23(20)32-10-3-1-4-11-32)31-25(35-21)33-12-5-2-6-13-33/h7-9,14-16H,1-6,10-13H2,(H,26,27)(H,29,34). The molecule has 0 spiro atoms. The number of rotatable bonds is 5. The fourth-order valence-electron chi connectivity index (χ4n) is 4.80. The van der Waals surface area contributed by atoms with Crippen molar-refractivity contribution in [2.24, 2.45) is 0 Å². The normalized spacial score (nSPS) is 16.6. The highest BCUT2D eigenvalue weighted by Gasteiger charge is 2.22. The van der Waals surface area contributed by atoms with Crippen LogP contribution < -0.4 is 15.1 Å². The van der Waals surface area contributed by atoms with Crippen LogP contribution in [0.1, 0.15) is 49.0 Å². The van der Waals surface area contributed by atoms with Crippen molar-refractivity contribution in [2.75, 3.05) is 41.3 Å². The van der Waals surface area contributed by atoms with Crippen molar-refractivity contribution in [3.8, 4) is 11.3 Å². The van der Waals surface area contributed by atoms with Crippen LogP contribution in [0.25, 0.3) is 21.6 Å². The largest absolute Gasteiger partial charge is 0.355 e. The van der Waals surface area contributed by atoms with Gasteiger partial charge in [0.15, 0.2) is 16.6 Å². The topological polar surface area (TPSA) is 103 Å². The highest BCUT2D eigenvalue weighted by atomic mass is 32.1. The summed E-state index contributed by atoms with van der Waals surface area (Å²) >= 11 is 1.65. The molecule has 4 aromatic rings. The molecule has 0 unspecified atom stereocenters. The zero-order valence-electron chi connectivity index (χ0n) is 19.5. The number of carbonyl (C=O) groups is 1. The van der Waals surface area contributed by atoms with Gasteiger partial charge in [0.2, 0.25) is 0 Å². The first kappa shape index (κ1) is 22.0. The van der Waals surface area contributed by atoms with E-state index in [1.54, 1.807) is 29.8 Å². The Bertz CT molecular complexity index is 1320. The summed E-state index contributed by atoms with van der Waals surface area (Å²) < 4.78 is 0.988. The second kappa shape index (κ2) is 9.61. The van der Waals surface area contributed by atoms with Gasteiger partial charge in [-0.1, -0.05) is 17.4 Å². The van der Waals surface area contributed by atoms with E-state index in [0.29, 0.717) is 17.1 Å². The van der Waals surface area contributed by atoms with Gasteiger partial charge in [-0.3, -0.25) is 9.89 Å². The van der Waals surface area contributed by atoms with Crippen molar-refractivity contribution >= 4 is 44.2 Å². The number of amides is 1. The van der Waals surface area contributed by atoms with Gasteiger partial charge in [-0.15, -0.1) is 0 Å². The zero-order chi connectivity index (χ0) is 23.6. The van der Waals surface area contributed by atoms with Crippen LogP contribution in [0.5, 0.6) is 0 Å². The van der Waals surface area contributed by atoms with E-state index in [4.69, 9.17) is 9.97 Å². The number of piperidine rings is 2. The van der Waals surface area contributed by atoms with Crippen LogP contribution in [-0.2, 0) is 0 Å². The SMILES string of the molecule is O=C(Nc1cc2sc(N3CCCCC3)nc2nc1N1CCCCC1)c1cccc(-c2cn[nH]c2)n1. The maximum atomic E-state index is 13.3. The highest BCUT2D eigenvalue weighted by molar-refractivity contribution is 7.22. The summed E-state index contributed by atoms with van der Waals surface area (Å²) in [5.41, 5.74) is 3.37. The molecule has 9 nitrogen and oxygen atoms in total. The van der Waals surface area contributed by atoms with Crippen LogP contribution >= 0.6 is 11.3 Å². The number of thiazole rings is 1. The quantitative estimate of drug-likeness (QED) is 0.419. The molecule has 35 heavy (non-hydrogen) atoms. The fraction of sp³-hybridized carbons (Fsp3) is 0.400. The van der Waals surface area contributed by atoms with Gasteiger partial charge in [0.05, 0.1) is 22.3 Å². The fourth-order valence-corrected chi connectivity index (χ4v) is 5.80. The number of pyridine rings is 2. The Balaban J connectivity index is 1.34. The van der Waals surface area contributed by atoms with Crippen LogP contribution in [0.4, 0.5) is 16.6 Å². The number of aromatic amines is 1. The van der Waals surface area contributed by atoms with Crippen LogP contribution in [0.2, 0.25) is 0 Å². The molecule has 2 fully saturated rings. The average molecular weight is 489 g/mol. The summed E-state index contributed by atoms with van der Waals surface area (Å²) in [4.78, 5) is 32.3. The van der Waals surface area contributed by atoms with E-state index >= 15 is 0 Å². The Labute approximate surface area is 207 Å². The van der Waals surface area contributed by atoms with Gasteiger partial charge in [0.25, 0.3) is 5.91 Å². The molecule has 4 aromatic heterocycles. The third kappa shape index (κ3) is 4.58. The molecule has 0 aromatic carbocycles. The predicted octanol–water partition coefficient (Wildman–Crippen LogP) is 4.71. The molecule has 2 N–H and O–H groups in total. The van der Waals surface area contributed by atoms with Gasteiger partial charge in [-0.05, 0) is 56.7 Å². The lowest BCUT2D eigenvalue weighted by atomic mass is 10.1. The molecule has 0 atom stereocenters. The number of hydrogen-bond acceptors (Lipinski definition) is 8. The Hall–Kier alpha value is -3.53. The average Bonchev–Trinajstić information content (AvgIpc) is 3.60. The van der Waals surface area contributed by atoms with Crippen molar-refractivity contribution in [2.45, 2.75) is 38.5 Å². The van der Waals surface area contributed by atoms with E-state index in [1.165, 1.54) is 25.7 Å². The molecule has 10 heteroatoms. The Kier molecular flexibility index (Phi) is 6.03. The first-order valence-electron chi connectivity index (χ1n) is 12.3. The van der Waals surface area contributed by atoms with E-state index in [-0.39, 0.29) is 5.91 Å². The molecule has 0 radical (unpaired) electrons. The molecule has 1 amide bonds. The molecule has 0 saturated carbocycles. The molecule has 6 rings (SSSR count). The minimum absolute atomic E-state index is 0.254. The first-order valence-corrected chi connectivity index (χ1v) is 13.2. The van der Waals surface area contributed by atoms with E-state index in [2.05, 4.69) is 30.3 Å². The summed E-state index contributed by atoms with van der Waals surface area (Å²) in [6.07, 6.45) is 10.6. The van der Waals surface area contributed by atoms with Gasteiger partial charge in [0.1, 0.15) is 5.69 Å². The number of H-pyrrole nitrogens is 1. The summed E-state index contributed by atoms with van der Waals surface area (Å²) in [7, 11) is 0. The molecule has 6 heterocycles. The second-order valence-electron chi connectivity index (χ2n) is 9.12. The van der Waals surface area contributed by atoms with Gasteiger partial charge >= 0.3 is 0 Å². The Morgan fingerprint density at radius 3 is 2.46 bits per heavy atom. The smallest absolute Gasteiger partial charge is 0.274 e. The predicted molar refractivity (Wildman–Crippen MR) is 139 cm³/mol. The van der Waals surface area contributed by atoms with E-state index in [1.807, 2.05) is 18.2 Å². The number of carbonyl (C=O) groups excluding carboxylic acids is 1. The minimum Gasteiger partial charge on any atom is -0.355 e. The van der Waals surface area contributed by atoms with Crippen molar-refractivity contribution in [1.29, 1.82) is 0 Å². The van der Waals surface area contributed by atoms with Gasteiger partial charge in [0, 0.05) is 37.9 Å². The summed E-state index contributed by atoms with van der Waals surface area (Å²) in [6.45, 7) is 3.94. The number of nitrogens with one attached hydrogen (secondary N) is 2. The monoisotopic (exact) mass is 488 g/mol. The van der Waals surface area contributed by atoms with E-state index in [9.17, 15) is 4.79 Å². The zero-order valence-corrected chi connectivity index (χ0v) is 20.4. The molecule has 2 aliphatic heterocycles. The van der Waals surface area contributed by atoms with E-state index in [0.717, 1.165) is 65.9 Å². The highest BCUT2D eigenvalue weighted by Crippen LogP contribution is 2.36. The third-order valence-corrected chi connectivity index (χ3v) is 7.71. The van der Waals surface area contributed by atoms with Gasteiger partial charge < -0.3 is 15.1 Å². The summed E-state index contributed by atoms with van der Waals surface area (Å²) in [6, 6.07) is 7.47. The number of fused-ring (bicyclic) bond motifs is 1. The van der Waals surface area contributed by atoms with E-state index < -0.39 is 0 Å². The molecule has 180 valence electrons. The molecule has 2 saturated heterocycles. The first-order chi connectivity index (χ1) is 17.2. The molecular formula is C25H28N8OS. The second-order valence-corrected chi connectivity index (χ2v) is 10.1. The van der Waals surface area contributed by atoms with Crippen LogP contribution in [-0.4, -0.2) is 57.2 Å². The molecule has 2 aliphatic rings. The van der Waals surface area contributed by atoms with Crippen molar-refractivity contribution < 1.29 is 4.79 Å². The lowest BCUT2D eigenvalue weighted by Crippen LogP contribution is -2.31. The van der Waals surface area contributed by atoms with Crippen LogP contribution in [0.3, 0.4) is 0 Å². The lowest BCUT2D eigenvalue weighted by Gasteiger charge is -2.29. The van der Waals surface area contributed by atoms with Crippen molar-refractivity contribution in [1.82, 2.24) is 25.1 Å². The maximum absolute atomic E-state index is 13.3.